The van der Waals surface area contributed by atoms with Gasteiger partial charge in [0.1, 0.15) is 5.82 Å². The molecule has 0 saturated carbocycles. The normalized spacial score (nSPS) is 12.6. The summed E-state index contributed by atoms with van der Waals surface area (Å²) in [6.45, 7) is 1.89. The van der Waals surface area contributed by atoms with Crippen molar-refractivity contribution in [2.24, 2.45) is 0 Å². The molecule has 1 aliphatic rings. The van der Waals surface area contributed by atoms with Gasteiger partial charge in [-0.1, -0.05) is 29.5 Å². The molecule has 4 aromatic rings. The maximum Gasteiger partial charge on any atom is 0.228 e. The highest BCUT2D eigenvalue weighted by Crippen LogP contribution is 2.43. The van der Waals surface area contributed by atoms with Crippen LogP contribution in [0.3, 0.4) is 0 Å². The first kappa shape index (κ1) is 22.2. The molecule has 3 heterocycles. The van der Waals surface area contributed by atoms with E-state index in [1.54, 1.807) is 0 Å². The number of aliphatic hydroxyl groups excluding tert-OH is 1. The summed E-state index contributed by atoms with van der Waals surface area (Å²) in [7, 11) is 1.85. The molecule has 0 bridgehead atoms. The molecular formula is C25H26N6O2S. The number of hydrogen-bond acceptors (Lipinski definition) is 7. The van der Waals surface area contributed by atoms with Crippen molar-refractivity contribution in [1.82, 2.24) is 19.7 Å². The Morgan fingerprint density at radius 1 is 1.21 bits per heavy atom. The summed E-state index contributed by atoms with van der Waals surface area (Å²) < 4.78 is 2.02. The van der Waals surface area contributed by atoms with E-state index in [9.17, 15) is 4.79 Å². The predicted octanol–water partition coefficient (Wildman–Crippen LogP) is 4.22. The molecule has 0 radical (unpaired) electrons. The zero-order valence-corrected chi connectivity index (χ0v) is 19.9. The maximum atomic E-state index is 12.1. The molecule has 0 unspecified atom stereocenters. The Balaban J connectivity index is 1.70. The Morgan fingerprint density at radius 3 is 2.79 bits per heavy atom. The fourth-order valence-corrected chi connectivity index (χ4v) is 5.37. The summed E-state index contributed by atoms with van der Waals surface area (Å²) in [6.07, 6.45) is 4.54. The smallest absolute Gasteiger partial charge is 0.228 e. The van der Waals surface area contributed by atoms with Crippen LogP contribution >= 0.6 is 11.3 Å². The minimum Gasteiger partial charge on any atom is -0.396 e. The van der Waals surface area contributed by atoms with Crippen LogP contribution in [-0.4, -0.2) is 44.4 Å². The summed E-state index contributed by atoms with van der Waals surface area (Å²) in [4.78, 5) is 22.3. The lowest BCUT2D eigenvalue weighted by Crippen LogP contribution is -2.12. The number of benzene rings is 1. The van der Waals surface area contributed by atoms with Crippen LogP contribution in [0.4, 0.5) is 10.9 Å². The third-order valence-corrected chi connectivity index (χ3v) is 6.98. The van der Waals surface area contributed by atoms with Gasteiger partial charge < -0.3 is 15.7 Å². The lowest BCUT2D eigenvalue weighted by molar-refractivity contribution is -0.116. The van der Waals surface area contributed by atoms with Crippen molar-refractivity contribution in [3.05, 3.63) is 59.4 Å². The van der Waals surface area contributed by atoms with Gasteiger partial charge in [0.05, 0.1) is 40.7 Å². The molecule has 1 aromatic carbocycles. The number of thiazole rings is 1. The van der Waals surface area contributed by atoms with Crippen molar-refractivity contribution in [2.45, 2.75) is 32.6 Å². The fraction of sp³-hybridized carbons (Fsp3) is 0.280. The Bertz CT molecular complexity index is 1340. The molecule has 3 aromatic heterocycles. The highest BCUT2D eigenvalue weighted by molar-refractivity contribution is 7.19. The fourth-order valence-electron chi connectivity index (χ4n) is 4.29. The van der Waals surface area contributed by atoms with Gasteiger partial charge in [-0.25, -0.2) is 14.6 Å². The van der Waals surface area contributed by atoms with Gasteiger partial charge in [-0.15, -0.1) is 0 Å². The molecule has 0 saturated heterocycles. The van der Waals surface area contributed by atoms with Crippen LogP contribution in [0.25, 0.3) is 27.5 Å². The first-order valence-electron chi connectivity index (χ1n) is 11.3. The number of pyridine rings is 1. The lowest BCUT2D eigenvalue weighted by atomic mass is 10.0. The second kappa shape index (κ2) is 9.36. The summed E-state index contributed by atoms with van der Waals surface area (Å²) in [6, 6.07) is 12.2. The van der Waals surface area contributed by atoms with Gasteiger partial charge in [-0.2, -0.15) is 5.10 Å². The zero-order valence-electron chi connectivity index (χ0n) is 19.1. The molecule has 0 spiro atoms. The van der Waals surface area contributed by atoms with Crippen molar-refractivity contribution < 1.29 is 9.90 Å². The second-order valence-electron chi connectivity index (χ2n) is 8.23. The number of aromatic nitrogens is 4. The maximum absolute atomic E-state index is 12.1. The average molecular weight is 475 g/mol. The minimum atomic E-state index is -0.240. The Kier molecular flexibility index (Phi) is 6.12. The zero-order chi connectivity index (χ0) is 23.7. The van der Waals surface area contributed by atoms with Crippen molar-refractivity contribution in [2.75, 3.05) is 24.3 Å². The lowest BCUT2D eigenvalue weighted by Gasteiger charge is -2.10. The third kappa shape index (κ3) is 4.08. The number of aryl methyl sites for hydroxylation is 2. The van der Waals surface area contributed by atoms with Crippen LogP contribution in [0.15, 0.2) is 42.6 Å². The first-order valence-corrected chi connectivity index (χ1v) is 12.1. The van der Waals surface area contributed by atoms with E-state index in [1.807, 2.05) is 42.2 Å². The highest BCUT2D eigenvalue weighted by atomic mass is 32.1. The van der Waals surface area contributed by atoms with Gasteiger partial charge in [-0.05, 0) is 49.9 Å². The van der Waals surface area contributed by atoms with E-state index in [0.717, 1.165) is 69.4 Å². The number of amides is 1. The van der Waals surface area contributed by atoms with E-state index in [1.165, 1.54) is 11.3 Å². The number of aliphatic hydroxyl groups is 1. The molecular weight excluding hydrogens is 448 g/mol. The number of anilines is 2. The first-order chi connectivity index (χ1) is 16.6. The molecule has 1 aliphatic carbocycles. The molecule has 34 heavy (non-hydrogen) atoms. The Morgan fingerprint density at radius 2 is 2.06 bits per heavy atom. The SMILES string of the molecule is CNc1ccc(-c2nn(-c3ccccc3C)c3c2CCCc2nc(NC(=O)CCO)sc2-3)cn1. The average Bonchev–Trinajstić information content (AvgIpc) is 3.36. The number of nitrogens with one attached hydrogen (secondary N) is 2. The number of nitrogens with zero attached hydrogens (tertiary/aromatic N) is 4. The number of para-hydroxylation sites is 1. The van der Waals surface area contributed by atoms with Gasteiger partial charge in [0, 0.05) is 24.4 Å². The van der Waals surface area contributed by atoms with E-state index < -0.39 is 0 Å². The Labute approximate surface area is 201 Å². The Hall–Kier alpha value is -3.56. The molecule has 1 amide bonds. The molecule has 0 atom stereocenters. The van der Waals surface area contributed by atoms with Gasteiger partial charge in [-0.3, -0.25) is 4.79 Å². The van der Waals surface area contributed by atoms with E-state index in [0.29, 0.717) is 5.13 Å². The van der Waals surface area contributed by atoms with E-state index in [-0.39, 0.29) is 18.9 Å². The third-order valence-electron chi connectivity index (χ3n) is 5.96. The number of fused-ring (bicyclic) bond motifs is 3. The summed E-state index contributed by atoms with van der Waals surface area (Å²) >= 11 is 1.46. The number of carbonyl (C=O) groups excluding carboxylic acids is 1. The van der Waals surface area contributed by atoms with E-state index >= 15 is 0 Å². The van der Waals surface area contributed by atoms with Crippen LogP contribution in [0, 0.1) is 6.92 Å². The van der Waals surface area contributed by atoms with Crippen molar-refractivity contribution in [3.63, 3.8) is 0 Å². The highest BCUT2D eigenvalue weighted by Gasteiger charge is 2.29. The van der Waals surface area contributed by atoms with E-state index in [4.69, 9.17) is 15.2 Å². The summed E-state index contributed by atoms with van der Waals surface area (Å²) in [5, 5.41) is 20.6. The van der Waals surface area contributed by atoms with Gasteiger partial charge >= 0.3 is 0 Å². The quantitative estimate of drug-likeness (QED) is 0.387. The van der Waals surface area contributed by atoms with Gasteiger partial charge in [0.25, 0.3) is 0 Å². The van der Waals surface area contributed by atoms with Crippen LogP contribution in [0.2, 0.25) is 0 Å². The summed E-state index contributed by atoms with van der Waals surface area (Å²) in [5.41, 5.74) is 7.17. The largest absolute Gasteiger partial charge is 0.396 e. The molecule has 174 valence electrons. The standard InChI is InChI=1S/C25H26N6O2S/c1-15-6-3-4-9-19(15)31-23-17(22(30-31)16-10-11-20(26-2)27-14-16)7-5-8-18-24(23)34-25(28-18)29-21(33)12-13-32/h3-4,6,9-11,14,32H,5,7-8,12-13H2,1-2H3,(H,26,27)(H,28,29,33). The van der Waals surface area contributed by atoms with E-state index in [2.05, 4.69) is 34.7 Å². The molecule has 0 aliphatic heterocycles. The molecule has 3 N–H and O–H groups in total. The van der Waals surface area contributed by atoms with Crippen LogP contribution < -0.4 is 10.6 Å². The molecule has 0 fully saturated rings. The minimum absolute atomic E-state index is 0.0520. The van der Waals surface area contributed by atoms with Crippen molar-refractivity contribution in [3.8, 4) is 27.5 Å². The topological polar surface area (TPSA) is 105 Å². The number of hydrogen-bond donors (Lipinski definition) is 3. The number of rotatable bonds is 6. The molecule has 8 nitrogen and oxygen atoms in total. The van der Waals surface area contributed by atoms with Crippen molar-refractivity contribution in [1.29, 1.82) is 0 Å². The second-order valence-corrected chi connectivity index (χ2v) is 9.23. The van der Waals surface area contributed by atoms with Crippen LogP contribution in [0.5, 0.6) is 0 Å². The van der Waals surface area contributed by atoms with Crippen LogP contribution in [-0.2, 0) is 17.6 Å². The number of carbonyl (C=O) groups is 1. The van der Waals surface area contributed by atoms with Crippen molar-refractivity contribution >= 4 is 28.2 Å². The molecule has 9 heteroatoms. The predicted molar refractivity (Wildman–Crippen MR) is 135 cm³/mol. The van der Waals surface area contributed by atoms with Crippen LogP contribution in [0.1, 0.15) is 29.7 Å². The summed E-state index contributed by atoms with van der Waals surface area (Å²) in [5.74, 6) is 0.566. The monoisotopic (exact) mass is 474 g/mol. The van der Waals surface area contributed by atoms with Gasteiger partial charge in [0.15, 0.2) is 5.13 Å². The van der Waals surface area contributed by atoms with Gasteiger partial charge in [0.2, 0.25) is 5.91 Å². The molecule has 5 rings (SSSR count).